The molecule has 38 heavy (non-hydrogen) atoms. The highest BCUT2D eigenvalue weighted by atomic mass is 16.5. The van der Waals surface area contributed by atoms with Crippen molar-refractivity contribution in [2.45, 2.75) is 85.2 Å². The quantitative estimate of drug-likeness (QED) is 0.583. The number of ether oxygens (including phenoxy) is 1. The zero-order valence-corrected chi connectivity index (χ0v) is 23.6. The Bertz CT molecular complexity index is 1250. The van der Waals surface area contributed by atoms with Crippen molar-refractivity contribution in [1.82, 2.24) is 14.7 Å². The lowest BCUT2D eigenvalue weighted by Gasteiger charge is -2.39. The number of hydrogen-bond donors (Lipinski definition) is 1. The van der Waals surface area contributed by atoms with E-state index in [0.717, 1.165) is 71.5 Å². The van der Waals surface area contributed by atoms with Gasteiger partial charge in [0.1, 0.15) is 0 Å². The van der Waals surface area contributed by atoms with Crippen LogP contribution in [0.15, 0.2) is 24.3 Å². The molecule has 0 aliphatic carbocycles. The first kappa shape index (κ1) is 26.7. The van der Waals surface area contributed by atoms with Crippen LogP contribution in [0.3, 0.4) is 0 Å². The zero-order valence-electron chi connectivity index (χ0n) is 23.6. The van der Waals surface area contributed by atoms with Crippen LogP contribution in [0.5, 0.6) is 0 Å². The average molecular weight is 520 g/mol. The summed E-state index contributed by atoms with van der Waals surface area (Å²) in [6, 6.07) is 8.79. The van der Waals surface area contributed by atoms with Gasteiger partial charge in [-0.3, -0.25) is 4.90 Å². The summed E-state index contributed by atoms with van der Waals surface area (Å²) in [6.45, 7) is 16.5. The van der Waals surface area contributed by atoms with Crippen LogP contribution in [0, 0.1) is 20.8 Å². The highest BCUT2D eigenvalue weighted by Crippen LogP contribution is 2.44. The molecule has 204 valence electrons. The maximum Gasteiger partial charge on any atom is 0.337 e. The topological polar surface area (TPSA) is 73.3 Å². The van der Waals surface area contributed by atoms with Crippen molar-refractivity contribution in [2.24, 2.45) is 0 Å². The summed E-state index contributed by atoms with van der Waals surface area (Å²) >= 11 is 0. The Balaban J connectivity index is 1.56. The van der Waals surface area contributed by atoms with E-state index in [1.807, 2.05) is 44.4 Å². The van der Waals surface area contributed by atoms with Gasteiger partial charge in [0, 0.05) is 44.3 Å². The van der Waals surface area contributed by atoms with E-state index in [2.05, 4.69) is 36.1 Å². The molecule has 0 radical (unpaired) electrons. The Kier molecular flexibility index (Phi) is 7.03. The van der Waals surface area contributed by atoms with Crippen molar-refractivity contribution in [3.05, 3.63) is 57.6 Å². The molecular formula is C31H41N3O4. The molecule has 7 heteroatoms. The van der Waals surface area contributed by atoms with Gasteiger partial charge in [-0.1, -0.05) is 29.8 Å². The van der Waals surface area contributed by atoms with Crippen molar-refractivity contribution < 1.29 is 19.4 Å². The third-order valence-corrected chi connectivity index (χ3v) is 8.44. The second-order valence-electron chi connectivity index (χ2n) is 12.2. The number of carboxylic acid groups (broad SMARTS) is 1. The normalized spacial score (nSPS) is 20.4. The predicted molar refractivity (Wildman–Crippen MR) is 148 cm³/mol. The molecule has 3 heterocycles. The van der Waals surface area contributed by atoms with Crippen LogP contribution >= 0.6 is 0 Å². The SMILES string of the molecule is Cc1ccc(-c2c(C)c3c(c(C)c2[C@H](OC(C)(C)C)C(=O)O)CN(C(=O)N2CCN4CCCC4C2)C3)cc1. The number of amides is 2. The molecule has 0 spiro atoms. The number of benzene rings is 2. The van der Waals surface area contributed by atoms with E-state index in [0.29, 0.717) is 24.7 Å². The second kappa shape index (κ2) is 10.0. The lowest BCUT2D eigenvalue weighted by molar-refractivity contribution is -0.160. The fraction of sp³-hybridized carbons (Fsp3) is 0.548. The van der Waals surface area contributed by atoms with E-state index < -0.39 is 17.7 Å². The fourth-order valence-corrected chi connectivity index (χ4v) is 6.53. The third-order valence-electron chi connectivity index (χ3n) is 8.44. The van der Waals surface area contributed by atoms with Crippen molar-refractivity contribution in [1.29, 1.82) is 0 Å². The maximum atomic E-state index is 13.7. The molecule has 2 amide bonds. The number of hydrogen-bond acceptors (Lipinski definition) is 4. The fourth-order valence-electron chi connectivity index (χ4n) is 6.53. The molecule has 2 fully saturated rings. The van der Waals surface area contributed by atoms with Crippen LogP contribution in [0.25, 0.3) is 11.1 Å². The molecule has 1 unspecified atom stereocenters. The van der Waals surface area contributed by atoms with Gasteiger partial charge in [0.15, 0.2) is 6.10 Å². The van der Waals surface area contributed by atoms with Gasteiger partial charge in [-0.25, -0.2) is 9.59 Å². The highest BCUT2D eigenvalue weighted by molar-refractivity contribution is 5.85. The summed E-state index contributed by atoms with van der Waals surface area (Å²) in [7, 11) is 0. The summed E-state index contributed by atoms with van der Waals surface area (Å²) in [5.74, 6) is -1.00. The molecule has 2 aromatic rings. The van der Waals surface area contributed by atoms with Gasteiger partial charge in [-0.05, 0) is 94.3 Å². The largest absolute Gasteiger partial charge is 0.479 e. The highest BCUT2D eigenvalue weighted by Gasteiger charge is 2.39. The van der Waals surface area contributed by atoms with Crippen LogP contribution in [0.4, 0.5) is 4.79 Å². The van der Waals surface area contributed by atoms with Crippen molar-refractivity contribution in [2.75, 3.05) is 26.2 Å². The Morgan fingerprint density at radius 2 is 1.61 bits per heavy atom. The Labute approximate surface area is 226 Å². The van der Waals surface area contributed by atoms with Crippen molar-refractivity contribution in [3.8, 4) is 11.1 Å². The minimum atomic E-state index is -1.12. The lowest BCUT2D eigenvalue weighted by atomic mass is 9.83. The molecule has 7 nitrogen and oxygen atoms in total. The zero-order chi connectivity index (χ0) is 27.4. The number of fused-ring (bicyclic) bond motifs is 2. The van der Waals surface area contributed by atoms with E-state index >= 15 is 0 Å². The number of nitrogens with zero attached hydrogens (tertiary/aromatic N) is 3. The molecule has 0 aromatic heterocycles. The minimum absolute atomic E-state index is 0.0886. The number of aliphatic carboxylic acids is 1. The van der Waals surface area contributed by atoms with Crippen molar-refractivity contribution in [3.63, 3.8) is 0 Å². The van der Waals surface area contributed by atoms with Gasteiger partial charge in [0.2, 0.25) is 0 Å². The molecule has 1 N–H and O–H groups in total. The minimum Gasteiger partial charge on any atom is -0.479 e. The summed E-state index contributed by atoms with van der Waals surface area (Å²) in [6.07, 6.45) is 1.26. The van der Waals surface area contributed by atoms with Gasteiger partial charge >= 0.3 is 12.0 Å². The summed E-state index contributed by atoms with van der Waals surface area (Å²) < 4.78 is 6.18. The molecule has 2 atom stereocenters. The van der Waals surface area contributed by atoms with Gasteiger partial charge in [0.25, 0.3) is 0 Å². The monoisotopic (exact) mass is 519 g/mol. The number of carboxylic acids is 1. The van der Waals surface area contributed by atoms with Crippen LogP contribution < -0.4 is 0 Å². The second-order valence-corrected chi connectivity index (χ2v) is 12.2. The van der Waals surface area contributed by atoms with E-state index in [1.54, 1.807) is 0 Å². The number of carbonyl (C=O) groups is 2. The Morgan fingerprint density at radius 1 is 0.947 bits per heavy atom. The van der Waals surface area contributed by atoms with Crippen LogP contribution in [-0.4, -0.2) is 69.6 Å². The van der Waals surface area contributed by atoms with Crippen LogP contribution in [0.1, 0.15) is 73.1 Å². The molecule has 5 rings (SSSR count). The molecule has 0 saturated carbocycles. The molecular weight excluding hydrogens is 478 g/mol. The molecule has 3 aliphatic rings. The standard InChI is InChI=1S/C31H41N3O4/c1-19-9-11-22(12-10-19)26-20(2)24-17-34(30(37)33-15-14-32-13-7-8-23(32)16-33)18-25(24)21(3)27(26)28(29(35)36)38-31(4,5)6/h9-12,23,28H,7-8,13-18H2,1-6H3,(H,35,36)/t23?,28-/m0/s1. The maximum absolute atomic E-state index is 13.7. The molecule has 3 aliphatic heterocycles. The number of carbonyl (C=O) groups excluding carboxylic acids is 1. The smallest absolute Gasteiger partial charge is 0.337 e. The molecule has 2 saturated heterocycles. The van der Waals surface area contributed by atoms with Gasteiger partial charge in [0.05, 0.1) is 5.60 Å². The van der Waals surface area contributed by atoms with Gasteiger partial charge in [-0.15, -0.1) is 0 Å². The van der Waals surface area contributed by atoms with Crippen molar-refractivity contribution >= 4 is 12.0 Å². The predicted octanol–water partition coefficient (Wildman–Crippen LogP) is 5.44. The average Bonchev–Trinajstić information content (AvgIpc) is 3.52. The van der Waals surface area contributed by atoms with Gasteiger partial charge < -0.3 is 19.6 Å². The Morgan fingerprint density at radius 3 is 2.24 bits per heavy atom. The first-order chi connectivity index (χ1) is 17.9. The molecule has 0 bridgehead atoms. The Hall–Kier alpha value is -2.90. The van der Waals surface area contributed by atoms with E-state index in [4.69, 9.17) is 4.74 Å². The first-order valence-corrected chi connectivity index (χ1v) is 13.8. The van der Waals surface area contributed by atoms with E-state index in [-0.39, 0.29) is 6.03 Å². The van der Waals surface area contributed by atoms with Crippen LogP contribution in [-0.2, 0) is 22.6 Å². The van der Waals surface area contributed by atoms with Crippen LogP contribution in [0.2, 0.25) is 0 Å². The number of piperazine rings is 1. The van der Waals surface area contributed by atoms with Gasteiger partial charge in [-0.2, -0.15) is 0 Å². The number of urea groups is 1. The van der Waals surface area contributed by atoms with E-state index in [1.165, 1.54) is 6.42 Å². The number of rotatable bonds is 4. The summed E-state index contributed by atoms with van der Waals surface area (Å²) in [5.41, 5.74) is 7.22. The number of aryl methyl sites for hydroxylation is 1. The first-order valence-electron chi connectivity index (χ1n) is 13.8. The summed E-state index contributed by atoms with van der Waals surface area (Å²) in [5, 5.41) is 10.4. The molecule has 2 aromatic carbocycles. The lowest BCUT2D eigenvalue weighted by Crippen LogP contribution is -2.54. The van der Waals surface area contributed by atoms with E-state index in [9.17, 15) is 14.7 Å². The third kappa shape index (κ3) is 4.94. The summed E-state index contributed by atoms with van der Waals surface area (Å²) in [4.78, 5) is 32.8.